The summed E-state index contributed by atoms with van der Waals surface area (Å²) in [6.07, 6.45) is -6.23. The molecule has 18 heteroatoms. The summed E-state index contributed by atoms with van der Waals surface area (Å²) >= 11 is 0. The molecule has 0 saturated carbocycles. The predicted molar refractivity (Wildman–Crippen MR) is 217 cm³/mol. The second kappa shape index (κ2) is 18.0. The first-order valence-corrected chi connectivity index (χ1v) is 21.1. The van der Waals surface area contributed by atoms with Gasteiger partial charge in [0.05, 0.1) is 60.1 Å². The first-order valence-electron chi connectivity index (χ1n) is 21.1. The molecule has 1 amide bonds. The molecule has 0 spiro atoms. The number of phenolic OH excluding ortho intramolecular Hbond substituents is 2. The minimum Gasteiger partial charge on any atom is -0.507 e. The number of phenols is 2. The van der Waals surface area contributed by atoms with E-state index in [1.165, 1.54) is 38.3 Å². The Morgan fingerprint density at radius 1 is 0.935 bits per heavy atom. The van der Waals surface area contributed by atoms with Crippen LogP contribution in [0, 0.1) is 0 Å². The molecule has 338 valence electrons. The number of carbonyl (C=O) groups is 4. The summed E-state index contributed by atoms with van der Waals surface area (Å²) in [5.74, 6) is -4.90. The van der Waals surface area contributed by atoms with Crippen LogP contribution < -0.4 is 5.43 Å². The van der Waals surface area contributed by atoms with Gasteiger partial charge in [0.2, 0.25) is 11.7 Å². The van der Waals surface area contributed by atoms with E-state index in [0.29, 0.717) is 18.6 Å². The van der Waals surface area contributed by atoms with E-state index in [4.69, 9.17) is 33.2 Å². The Morgan fingerprint density at radius 3 is 2.24 bits per heavy atom. The normalized spacial score (nSPS) is 35.2. The maximum Gasteiger partial charge on any atom is 0.316 e. The van der Waals surface area contributed by atoms with Crippen LogP contribution in [0.5, 0.6) is 11.5 Å². The van der Waals surface area contributed by atoms with Gasteiger partial charge in [-0.05, 0) is 65.4 Å². The summed E-state index contributed by atoms with van der Waals surface area (Å²) in [4.78, 5) is 54.5. The smallest absolute Gasteiger partial charge is 0.316 e. The minimum absolute atomic E-state index is 0.0234. The zero-order chi connectivity index (χ0) is 44.9. The number of ether oxygens (including phenoxy) is 7. The Hall–Kier alpha value is -4.37. The molecule has 3 saturated heterocycles. The van der Waals surface area contributed by atoms with Gasteiger partial charge < -0.3 is 58.5 Å². The van der Waals surface area contributed by atoms with Crippen LogP contribution in [0.15, 0.2) is 29.4 Å². The molecule has 5 aliphatic rings. The van der Waals surface area contributed by atoms with Gasteiger partial charge >= 0.3 is 5.97 Å². The summed E-state index contributed by atoms with van der Waals surface area (Å²) in [6, 6.07) is 5.10. The molecule has 2 aromatic rings. The highest BCUT2D eigenvalue weighted by molar-refractivity contribution is 6.30. The molecule has 4 unspecified atom stereocenters. The number of carbonyl (C=O) groups excluding carboxylic acids is 4. The molecule has 2 aliphatic carbocycles. The van der Waals surface area contributed by atoms with Gasteiger partial charge in [0.15, 0.2) is 24.7 Å². The predicted octanol–water partition coefficient (Wildman–Crippen LogP) is 3.08. The lowest BCUT2D eigenvalue weighted by Crippen LogP contribution is -2.58. The summed E-state index contributed by atoms with van der Waals surface area (Å²) in [5.41, 5.74) is 0.608. The highest BCUT2D eigenvalue weighted by atomic mass is 16.7. The Morgan fingerprint density at radius 2 is 1.61 bits per heavy atom. The van der Waals surface area contributed by atoms with E-state index < -0.39 is 102 Å². The second-order valence-electron chi connectivity index (χ2n) is 17.1. The molecule has 3 aliphatic heterocycles. The Bertz CT molecular complexity index is 2100. The molecule has 3 heterocycles. The van der Waals surface area contributed by atoms with Gasteiger partial charge in [0.1, 0.15) is 29.6 Å². The van der Waals surface area contributed by atoms with E-state index in [1.807, 2.05) is 32.8 Å². The van der Waals surface area contributed by atoms with Crippen molar-refractivity contribution in [3.05, 3.63) is 57.6 Å². The molecule has 7 rings (SSSR count). The molecule has 3 fully saturated rings. The first-order chi connectivity index (χ1) is 29.4. The molecule has 5 N–H and O–H groups in total. The lowest BCUT2D eigenvalue weighted by atomic mass is 9.67. The zero-order valence-electron chi connectivity index (χ0n) is 36.2. The molecule has 2 aromatic carbocycles. The van der Waals surface area contributed by atoms with Crippen molar-refractivity contribution in [3.8, 4) is 11.5 Å². The van der Waals surface area contributed by atoms with E-state index in [2.05, 4.69) is 10.5 Å². The number of hydrazone groups is 1. The topological polar surface area (TPSA) is 241 Å². The van der Waals surface area contributed by atoms with Crippen LogP contribution in [0.2, 0.25) is 0 Å². The number of hydrogen-bond donors (Lipinski definition) is 5. The number of amides is 1. The van der Waals surface area contributed by atoms with E-state index in [-0.39, 0.29) is 71.0 Å². The lowest BCUT2D eigenvalue weighted by Gasteiger charge is -2.48. The monoisotopic (exact) mass is 867 g/mol. The van der Waals surface area contributed by atoms with Crippen LogP contribution in [-0.2, 0) is 42.7 Å². The average Bonchev–Trinajstić information content (AvgIpc) is 3.21. The average molecular weight is 868 g/mol. The Kier molecular flexibility index (Phi) is 13.3. The number of rotatable bonds is 10. The van der Waals surface area contributed by atoms with Crippen LogP contribution >= 0.6 is 0 Å². The van der Waals surface area contributed by atoms with Gasteiger partial charge in [-0.1, -0.05) is 19.1 Å². The largest absolute Gasteiger partial charge is 0.507 e. The Labute approximate surface area is 359 Å². The number of benzene rings is 2. The zero-order valence-corrected chi connectivity index (χ0v) is 36.2. The van der Waals surface area contributed by atoms with Crippen molar-refractivity contribution >= 4 is 29.2 Å². The fourth-order valence-corrected chi connectivity index (χ4v) is 9.58. The highest BCUT2D eigenvalue weighted by Gasteiger charge is 2.53. The second-order valence-corrected chi connectivity index (χ2v) is 17.1. The van der Waals surface area contributed by atoms with Crippen LogP contribution in [0.25, 0.3) is 0 Å². The third-order valence-electron chi connectivity index (χ3n) is 12.8. The number of nitrogens with zero attached hydrogens (tertiary/aromatic N) is 2. The van der Waals surface area contributed by atoms with Crippen LogP contribution in [0.4, 0.5) is 0 Å². The molecule has 13 atom stereocenters. The van der Waals surface area contributed by atoms with Crippen molar-refractivity contribution in [2.75, 3.05) is 21.2 Å². The SMILES string of the molecule is CC[C@@]1(O)C[C@H](O[C@H]2C[C@@H](N(C)C)C(O[C@H]3C[C@@H](O)[C@H](O[C@H]4CC/C(=N/NC(C)=O)C(C)O4)C(C)O3)C(C)O2)c2c(cc3c(c2O)C(=O)c2c(O)cccc2C3=O)[C@H]1C(=O)OC. The lowest BCUT2D eigenvalue weighted by molar-refractivity contribution is -0.324. The number of likely N-dealkylation sites (N-methyl/N-ethyl adjacent to an activating group) is 1. The third-order valence-corrected chi connectivity index (χ3v) is 12.8. The number of nitrogens with one attached hydrogen (secondary N) is 1. The number of methoxy groups -OCH3 is 1. The van der Waals surface area contributed by atoms with Gasteiger partial charge in [0, 0.05) is 55.3 Å². The van der Waals surface area contributed by atoms with Crippen LogP contribution in [-0.4, -0.2) is 143 Å². The Balaban J connectivity index is 1.09. The van der Waals surface area contributed by atoms with Gasteiger partial charge in [0.25, 0.3) is 0 Å². The maximum atomic E-state index is 14.0. The summed E-state index contributed by atoms with van der Waals surface area (Å²) in [5, 5.41) is 50.2. The van der Waals surface area contributed by atoms with Gasteiger partial charge in [-0.2, -0.15) is 5.10 Å². The van der Waals surface area contributed by atoms with Crippen molar-refractivity contribution in [1.29, 1.82) is 0 Å². The maximum absolute atomic E-state index is 14.0. The number of aliphatic hydroxyl groups excluding tert-OH is 1. The van der Waals surface area contributed by atoms with Crippen molar-refractivity contribution in [2.45, 2.75) is 152 Å². The van der Waals surface area contributed by atoms with Gasteiger partial charge in [-0.25, -0.2) is 5.43 Å². The highest BCUT2D eigenvalue weighted by Crippen LogP contribution is 2.54. The molecule has 0 bridgehead atoms. The van der Waals surface area contributed by atoms with Gasteiger partial charge in [-0.3, -0.25) is 19.2 Å². The number of aromatic hydroxyl groups is 2. The van der Waals surface area contributed by atoms with Crippen LogP contribution in [0.3, 0.4) is 0 Å². The number of aliphatic hydroxyl groups is 2. The fraction of sp³-hybridized carbons (Fsp3) is 0.614. The summed E-state index contributed by atoms with van der Waals surface area (Å²) in [7, 11) is 4.92. The minimum atomic E-state index is -1.76. The van der Waals surface area contributed by atoms with Gasteiger partial charge in [-0.15, -0.1) is 0 Å². The van der Waals surface area contributed by atoms with Crippen molar-refractivity contribution < 1.29 is 72.8 Å². The summed E-state index contributed by atoms with van der Waals surface area (Å²) in [6.45, 7) is 8.48. The standard InChI is InChI=1S/C44H57N3O15/c1-9-44(55)18-30(35-24(37(44)43(54)56-8)15-25-36(40(35)53)39(52)34-23(38(25)51)11-10-12-28(34)49)60-32-16-27(47(6)7)41(20(3)58-32)62-33-17-29(50)42(21(4)59-33)61-31-14-13-26(19(2)57-31)46-45-22(5)48/h10-12,15,19-21,27,29-33,37,41-42,49-50,53,55H,9,13-14,16-18H2,1-8H3,(H,45,48)/b46-26-/t19?,20?,21?,27-,29-,30+,31+,32+,33+,37+,41?,42-,44-/m1/s1. The molecule has 0 aromatic heterocycles. The first kappa shape index (κ1) is 45.6. The summed E-state index contributed by atoms with van der Waals surface area (Å²) < 4.78 is 43.2. The third kappa shape index (κ3) is 8.52. The van der Waals surface area contributed by atoms with E-state index in [0.717, 1.165) is 0 Å². The fourth-order valence-electron chi connectivity index (χ4n) is 9.58. The molecular formula is C44H57N3O15. The van der Waals surface area contributed by atoms with E-state index in [9.17, 15) is 39.6 Å². The number of esters is 1. The number of hydrogen-bond acceptors (Lipinski definition) is 17. The number of ketones is 2. The van der Waals surface area contributed by atoms with Crippen molar-refractivity contribution in [2.24, 2.45) is 5.10 Å². The van der Waals surface area contributed by atoms with Crippen LogP contribution in [0.1, 0.15) is 128 Å². The molecular weight excluding hydrogens is 810 g/mol. The van der Waals surface area contributed by atoms with E-state index >= 15 is 0 Å². The molecule has 18 nitrogen and oxygen atoms in total. The van der Waals surface area contributed by atoms with Crippen molar-refractivity contribution in [1.82, 2.24) is 10.3 Å². The molecule has 62 heavy (non-hydrogen) atoms. The van der Waals surface area contributed by atoms with Crippen molar-refractivity contribution in [3.63, 3.8) is 0 Å². The molecule has 0 radical (unpaired) electrons. The quantitative estimate of drug-likeness (QED) is 0.145. The number of fused-ring (bicyclic) bond motifs is 3. The van der Waals surface area contributed by atoms with E-state index in [1.54, 1.807) is 13.8 Å².